The van der Waals surface area contributed by atoms with Gasteiger partial charge in [0.25, 0.3) is 0 Å². The quantitative estimate of drug-likeness (QED) is 0.597. The van der Waals surface area contributed by atoms with Crippen LogP contribution in [0.2, 0.25) is 5.15 Å². The first-order valence-electron chi connectivity index (χ1n) is 2.80. The molecule has 0 aliphatic heterocycles. The normalized spacial score (nSPS) is 9.56. The van der Waals surface area contributed by atoms with Gasteiger partial charge in [-0.15, -0.1) is 5.10 Å². The van der Waals surface area contributed by atoms with Gasteiger partial charge in [-0.05, 0) is 18.1 Å². The Balaban J connectivity index is 3.01. The number of halogens is 1. The van der Waals surface area contributed by atoms with E-state index in [1.54, 1.807) is 6.20 Å². The lowest BCUT2D eigenvalue weighted by molar-refractivity contribution is 0.984. The zero-order valence-corrected chi connectivity index (χ0v) is 5.89. The zero-order chi connectivity index (χ0) is 6.69. The molecule has 0 amide bonds. The van der Waals surface area contributed by atoms with Crippen molar-refractivity contribution in [2.24, 2.45) is 0 Å². The van der Waals surface area contributed by atoms with Crippen LogP contribution in [0.1, 0.15) is 12.5 Å². The second kappa shape index (κ2) is 2.78. The third kappa shape index (κ3) is 1.39. The zero-order valence-electron chi connectivity index (χ0n) is 5.13. The molecule has 0 bridgehead atoms. The standard InChI is InChI=1S/C6H7ClN2/c1-2-5-3-4-8-9-6(5)7/h3-4H,2H2,1H3. The van der Waals surface area contributed by atoms with Gasteiger partial charge >= 0.3 is 0 Å². The first-order chi connectivity index (χ1) is 4.34. The molecular weight excluding hydrogens is 136 g/mol. The molecule has 2 nitrogen and oxygen atoms in total. The summed E-state index contributed by atoms with van der Waals surface area (Å²) in [5.74, 6) is 0. The topological polar surface area (TPSA) is 25.8 Å². The summed E-state index contributed by atoms with van der Waals surface area (Å²) in [7, 11) is 0. The van der Waals surface area contributed by atoms with Crippen molar-refractivity contribution in [2.75, 3.05) is 0 Å². The number of nitrogens with zero attached hydrogens (tertiary/aromatic N) is 2. The van der Waals surface area contributed by atoms with Crippen molar-refractivity contribution in [3.8, 4) is 0 Å². The summed E-state index contributed by atoms with van der Waals surface area (Å²) in [6.45, 7) is 2.03. The van der Waals surface area contributed by atoms with Crippen LogP contribution in [0.4, 0.5) is 0 Å². The SMILES string of the molecule is CCc1ccnnc1Cl. The predicted octanol–water partition coefficient (Wildman–Crippen LogP) is 1.69. The van der Waals surface area contributed by atoms with E-state index in [-0.39, 0.29) is 0 Å². The molecule has 0 fully saturated rings. The minimum atomic E-state index is 0.514. The van der Waals surface area contributed by atoms with Crippen LogP contribution in [0.5, 0.6) is 0 Å². The van der Waals surface area contributed by atoms with Gasteiger partial charge in [0.1, 0.15) is 0 Å². The van der Waals surface area contributed by atoms with Gasteiger partial charge in [-0.1, -0.05) is 18.5 Å². The molecule has 1 heterocycles. The summed E-state index contributed by atoms with van der Waals surface area (Å²) < 4.78 is 0. The molecule has 1 aromatic rings. The Bertz CT molecular complexity index is 200. The molecule has 0 saturated carbocycles. The van der Waals surface area contributed by atoms with Crippen molar-refractivity contribution in [2.45, 2.75) is 13.3 Å². The fourth-order valence-electron chi connectivity index (χ4n) is 0.604. The Hall–Kier alpha value is -0.630. The lowest BCUT2D eigenvalue weighted by atomic mass is 10.2. The third-order valence-electron chi connectivity index (χ3n) is 1.13. The highest BCUT2D eigenvalue weighted by atomic mass is 35.5. The molecule has 0 atom stereocenters. The highest BCUT2D eigenvalue weighted by Gasteiger charge is 1.94. The number of rotatable bonds is 1. The summed E-state index contributed by atoms with van der Waals surface area (Å²) in [4.78, 5) is 0. The van der Waals surface area contributed by atoms with Crippen molar-refractivity contribution in [1.82, 2.24) is 10.2 Å². The first kappa shape index (κ1) is 6.49. The molecule has 9 heavy (non-hydrogen) atoms. The van der Waals surface area contributed by atoms with Gasteiger partial charge < -0.3 is 0 Å². The Morgan fingerprint density at radius 3 is 2.89 bits per heavy atom. The van der Waals surface area contributed by atoms with Crippen molar-refractivity contribution >= 4 is 11.6 Å². The molecular formula is C6H7ClN2. The maximum Gasteiger partial charge on any atom is 0.154 e. The van der Waals surface area contributed by atoms with Crippen molar-refractivity contribution in [1.29, 1.82) is 0 Å². The summed E-state index contributed by atoms with van der Waals surface area (Å²) in [5.41, 5.74) is 1.05. The lowest BCUT2D eigenvalue weighted by Crippen LogP contribution is -1.86. The molecule has 0 aliphatic rings. The van der Waals surface area contributed by atoms with Crippen LogP contribution < -0.4 is 0 Å². The average Bonchev–Trinajstić information content (AvgIpc) is 1.89. The van der Waals surface area contributed by atoms with Crippen LogP contribution in [0.3, 0.4) is 0 Å². The second-order valence-electron chi connectivity index (χ2n) is 1.70. The smallest absolute Gasteiger partial charge is 0.154 e. The van der Waals surface area contributed by atoms with Gasteiger partial charge in [0.05, 0.1) is 0 Å². The number of aromatic nitrogens is 2. The average molecular weight is 143 g/mol. The Labute approximate surface area is 58.9 Å². The minimum absolute atomic E-state index is 0.514. The van der Waals surface area contributed by atoms with Crippen LogP contribution in [0.25, 0.3) is 0 Å². The third-order valence-corrected chi connectivity index (χ3v) is 1.45. The van der Waals surface area contributed by atoms with Crippen LogP contribution in [0, 0.1) is 0 Å². The van der Waals surface area contributed by atoms with E-state index in [2.05, 4.69) is 10.2 Å². The molecule has 1 rings (SSSR count). The van der Waals surface area contributed by atoms with Crippen LogP contribution >= 0.6 is 11.6 Å². The fraction of sp³-hybridized carbons (Fsp3) is 0.333. The number of aryl methyl sites for hydroxylation is 1. The largest absolute Gasteiger partial charge is 0.158 e. The van der Waals surface area contributed by atoms with Crippen molar-refractivity contribution in [3.63, 3.8) is 0 Å². The monoisotopic (exact) mass is 142 g/mol. The molecule has 0 unspecified atom stereocenters. The van der Waals surface area contributed by atoms with E-state index in [1.807, 2.05) is 13.0 Å². The Kier molecular flexibility index (Phi) is 2.01. The van der Waals surface area contributed by atoms with Gasteiger partial charge in [0.2, 0.25) is 0 Å². The van der Waals surface area contributed by atoms with E-state index in [0.29, 0.717) is 5.15 Å². The van der Waals surface area contributed by atoms with E-state index in [0.717, 1.165) is 12.0 Å². The lowest BCUT2D eigenvalue weighted by Gasteiger charge is -1.93. The van der Waals surface area contributed by atoms with Gasteiger partial charge in [-0.2, -0.15) is 5.10 Å². The van der Waals surface area contributed by atoms with E-state index in [4.69, 9.17) is 11.6 Å². The Morgan fingerprint density at radius 1 is 1.67 bits per heavy atom. The highest BCUT2D eigenvalue weighted by molar-refractivity contribution is 6.30. The minimum Gasteiger partial charge on any atom is -0.158 e. The molecule has 0 radical (unpaired) electrons. The van der Waals surface area contributed by atoms with Gasteiger partial charge in [0.15, 0.2) is 5.15 Å². The van der Waals surface area contributed by atoms with E-state index >= 15 is 0 Å². The molecule has 3 heteroatoms. The summed E-state index contributed by atoms with van der Waals surface area (Å²) in [5, 5.41) is 7.79. The molecule has 0 aromatic carbocycles. The second-order valence-corrected chi connectivity index (χ2v) is 2.06. The van der Waals surface area contributed by atoms with Gasteiger partial charge in [-0.3, -0.25) is 0 Å². The molecule has 0 aliphatic carbocycles. The summed E-state index contributed by atoms with van der Waals surface area (Å²) in [6, 6.07) is 1.87. The Morgan fingerprint density at radius 2 is 2.44 bits per heavy atom. The van der Waals surface area contributed by atoms with Crippen molar-refractivity contribution in [3.05, 3.63) is 23.0 Å². The molecule has 1 aromatic heterocycles. The van der Waals surface area contributed by atoms with Crippen LogP contribution in [-0.2, 0) is 6.42 Å². The maximum atomic E-state index is 5.65. The fourth-order valence-corrected chi connectivity index (χ4v) is 0.844. The van der Waals surface area contributed by atoms with E-state index in [9.17, 15) is 0 Å². The van der Waals surface area contributed by atoms with Crippen LogP contribution in [0.15, 0.2) is 12.3 Å². The number of hydrogen-bond donors (Lipinski definition) is 0. The van der Waals surface area contributed by atoms with Gasteiger partial charge in [0, 0.05) is 6.20 Å². The van der Waals surface area contributed by atoms with Gasteiger partial charge in [-0.25, -0.2) is 0 Å². The summed E-state index contributed by atoms with van der Waals surface area (Å²) >= 11 is 5.65. The maximum absolute atomic E-state index is 5.65. The molecule has 0 saturated heterocycles. The van der Waals surface area contributed by atoms with Crippen molar-refractivity contribution < 1.29 is 0 Å². The predicted molar refractivity (Wildman–Crippen MR) is 36.4 cm³/mol. The molecule has 0 N–H and O–H groups in total. The van der Waals surface area contributed by atoms with E-state index in [1.165, 1.54) is 0 Å². The van der Waals surface area contributed by atoms with E-state index < -0.39 is 0 Å². The molecule has 0 spiro atoms. The molecule has 48 valence electrons. The first-order valence-corrected chi connectivity index (χ1v) is 3.18. The summed E-state index contributed by atoms with van der Waals surface area (Å²) in [6.07, 6.45) is 2.55. The highest BCUT2D eigenvalue weighted by Crippen LogP contribution is 2.09. The number of hydrogen-bond acceptors (Lipinski definition) is 2. The van der Waals surface area contributed by atoms with Crippen LogP contribution in [-0.4, -0.2) is 10.2 Å².